The number of hydrogen-bond acceptors (Lipinski definition) is 12. The molecule has 2 amide bonds. The fourth-order valence-electron chi connectivity index (χ4n) is 3.77. The maximum atomic E-state index is 13.0. The molecule has 2 atom stereocenters. The molecule has 1 fully saturated rings. The van der Waals surface area contributed by atoms with E-state index in [0.29, 0.717) is 27.9 Å². The number of oxime groups is 1. The van der Waals surface area contributed by atoms with Crippen LogP contribution in [0.5, 0.6) is 0 Å². The molecule has 0 saturated carbocycles. The SMILES string of the molecule is CON=C(C(=O)N[C@@H]1C(=O)N2C(C(=O)O)=C(CSc3nnc4ccccn34)CS[C@@H]12)c1csc(N)n1. The summed E-state index contributed by atoms with van der Waals surface area (Å²) in [5.74, 6) is -1.73. The highest BCUT2D eigenvalue weighted by Gasteiger charge is 2.54. The van der Waals surface area contributed by atoms with Crippen LogP contribution in [0.1, 0.15) is 5.69 Å². The third-order valence-electron chi connectivity index (χ3n) is 5.36. The first kappa shape index (κ1) is 24.1. The lowest BCUT2D eigenvalue weighted by Gasteiger charge is -2.49. The summed E-state index contributed by atoms with van der Waals surface area (Å²) in [6, 6.07) is 4.59. The van der Waals surface area contributed by atoms with Gasteiger partial charge in [0.2, 0.25) is 0 Å². The van der Waals surface area contributed by atoms with Crippen LogP contribution in [0, 0.1) is 0 Å². The normalized spacial score (nSPS) is 19.8. The van der Waals surface area contributed by atoms with Gasteiger partial charge >= 0.3 is 5.97 Å². The molecule has 0 aromatic carbocycles. The summed E-state index contributed by atoms with van der Waals surface area (Å²) in [6.07, 6.45) is 1.82. The standard InChI is InChI=1S/C20H18N8O5S3/c1-33-26-12(10-8-35-19(21)22-10)15(29)23-13-16(30)28-14(18(31)32)9(6-34-17(13)28)7-36-20-25-24-11-4-2-3-5-27(11)20/h2-5,8,13,17H,6-7H2,1H3,(H2,21,22)(H,23,29)(H,31,32)/t13-,17+/m1/s1. The summed E-state index contributed by atoms with van der Waals surface area (Å²) < 4.78 is 1.81. The van der Waals surface area contributed by atoms with Gasteiger partial charge in [0.1, 0.15) is 29.9 Å². The number of nitrogens with one attached hydrogen (secondary N) is 1. The Hall–Kier alpha value is -3.63. The Kier molecular flexibility index (Phi) is 6.55. The molecule has 2 aliphatic heterocycles. The van der Waals surface area contributed by atoms with Crippen LogP contribution in [0.2, 0.25) is 0 Å². The first-order valence-electron chi connectivity index (χ1n) is 10.3. The molecular formula is C20H18N8O5S3. The predicted molar refractivity (Wildman–Crippen MR) is 133 cm³/mol. The second-order valence-electron chi connectivity index (χ2n) is 7.51. The summed E-state index contributed by atoms with van der Waals surface area (Å²) in [7, 11) is 1.28. The van der Waals surface area contributed by atoms with Crippen molar-refractivity contribution in [1.82, 2.24) is 29.8 Å². The molecule has 2 aliphatic rings. The number of fused-ring (bicyclic) bond motifs is 2. The molecule has 0 radical (unpaired) electrons. The zero-order chi connectivity index (χ0) is 25.4. The largest absolute Gasteiger partial charge is 0.477 e. The Balaban J connectivity index is 1.32. The average Bonchev–Trinajstić information content (AvgIpc) is 3.49. The molecule has 186 valence electrons. The lowest BCUT2D eigenvalue weighted by Crippen LogP contribution is -2.71. The van der Waals surface area contributed by atoms with E-state index >= 15 is 0 Å². The van der Waals surface area contributed by atoms with Crippen molar-refractivity contribution in [2.24, 2.45) is 5.16 Å². The number of carboxylic acids is 1. The maximum absolute atomic E-state index is 13.0. The minimum atomic E-state index is -1.21. The highest BCUT2D eigenvalue weighted by Crippen LogP contribution is 2.41. The quantitative estimate of drug-likeness (QED) is 0.156. The Labute approximate surface area is 215 Å². The van der Waals surface area contributed by atoms with Crippen molar-refractivity contribution in [3.63, 3.8) is 0 Å². The Bertz CT molecular complexity index is 1430. The monoisotopic (exact) mass is 546 g/mol. The van der Waals surface area contributed by atoms with Crippen molar-refractivity contribution in [1.29, 1.82) is 0 Å². The van der Waals surface area contributed by atoms with Crippen LogP contribution in [0.3, 0.4) is 0 Å². The zero-order valence-electron chi connectivity index (χ0n) is 18.5. The van der Waals surface area contributed by atoms with Gasteiger partial charge in [0.25, 0.3) is 11.8 Å². The van der Waals surface area contributed by atoms with Crippen molar-refractivity contribution < 1.29 is 24.3 Å². The molecule has 3 aromatic rings. The molecule has 36 heavy (non-hydrogen) atoms. The number of amides is 2. The summed E-state index contributed by atoms with van der Waals surface area (Å²) in [5.41, 5.74) is 6.91. The number of anilines is 1. The van der Waals surface area contributed by atoms with Crippen LogP contribution >= 0.6 is 34.9 Å². The lowest BCUT2D eigenvalue weighted by molar-refractivity contribution is -0.150. The topological polar surface area (TPSA) is 177 Å². The first-order chi connectivity index (χ1) is 17.4. The van der Waals surface area contributed by atoms with E-state index < -0.39 is 29.2 Å². The summed E-state index contributed by atoms with van der Waals surface area (Å²) in [5, 5.41) is 26.3. The van der Waals surface area contributed by atoms with Gasteiger partial charge in [-0.3, -0.25) is 18.9 Å². The van der Waals surface area contributed by atoms with Crippen molar-refractivity contribution in [2.45, 2.75) is 16.6 Å². The summed E-state index contributed by atoms with van der Waals surface area (Å²) >= 11 is 3.83. The first-order valence-corrected chi connectivity index (χ1v) is 13.3. The number of pyridine rings is 1. The molecule has 0 spiro atoms. The van der Waals surface area contributed by atoms with E-state index in [0.717, 1.165) is 11.3 Å². The lowest BCUT2D eigenvalue weighted by atomic mass is 10.0. The van der Waals surface area contributed by atoms with Gasteiger partial charge < -0.3 is 21.0 Å². The number of nitrogen functional groups attached to an aromatic ring is 1. The molecule has 16 heteroatoms. The molecule has 13 nitrogen and oxygen atoms in total. The van der Waals surface area contributed by atoms with Crippen molar-refractivity contribution >= 4 is 69.1 Å². The molecule has 0 aliphatic carbocycles. The van der Waals surface area contributed by atoms with Crippen LogP contribution in [0.4, 0.5) is 5.13 Å². The van der Waals surface area contributed by atoms with Crippen LogP contribution in [-0.2, 0) is 19.2 Å². The molecule has 4 N–H and O–H groups in total. The molecule has 1 saturated heterocycles. The number of thiazole rings is 1. The van der Waals surface area contributed by atoms with Crippen LogP contribution in [0.15, 0.2) is 51.4 Å². The second kappa shape index (κ2) is 9.79. The maximum Gasteiger partial charge on any atom is 0.352 e. The van der Waals surface area contributed by atoms with Gasteiger partial charge in [-0.15, -0.1) is 33.3 Å². The van der Waals surface area contributed by atoms with Gasteiger partial charge in [0.15, 0.2) is 21.6 Å². The van der Waals surface area contributed by atoms with E-state index in [2.05, 4.69) is 25.7 Å². The number of carbonyl (C=O) groups excluding carboxylic acids is 2. The summed E-state index contributed by atoms with van der Waals surface area (Å²) in [4.78, 5) is 48.0. The van der Waals surface area contributed by atoms with Gasteiger partial charge in [0.05, 0.1) is 0 Å². The minimum absolute atomic E-state index is 0.0753. The Morgan fingerprint density at radius 3 is 2.94 bits per heavy atom. The number of nitrogens with zero attached hydrogens (tertiary/aromatic N) is 6. The van der Waals surface area contributed by atoms with Crippen molar-refractivity contribution in [3.8, 4) is 0 Å². The molecule has 3 aromatic heterocycles. The van der Waals surface area contributed by atoms with Crippen LogP contribution in [0.25, 0.3) is 5.65 Å². The number of β-lactam (4-membered cyclic amide) rings is 1. The molecular weight excluding hydrogens is 528 g/mol. The number of aliphatic carboxylic acids is 1. The van der Waals surface area contributed by atoms with Gasteiger partial charge in [-0.05, 0) is 17.7 Å². The van der Waals surface area contributed by atoms with Crippen molar-refractivity contribution in [2.75, 3.05) is 24.3 Å². The van der Waals surface area contributed by atoms with E-state index in [-0.39, 0.29) is 22.2 Å². The van der Waals surface area contributed by atoms with Crippen molar-refractivity contribution in [3.05, 3.63) is 46.7 Å². The molecule has 5 rings (SSSR count). The van der Waals surface area contributed by atoms with E-state index in [9.17, 15) is 19.5 Å². The van der Waals surface area contributed by atoms with E-state index in [1.54, 1.807) is 9.78 Å². The number of thioether (sulfide) groups is 2. The molecule has 0 bridgehead atoms. The number of aromatic nitrogens is 4. The predicted octanol–water partition coefficient (Wildman–Crippen LogP) is 0.649. The van der Waals surface area contributed by atoms with E-state index in [4.69, 9.17) is 10.6 Å². The second-order valence-corrected chi connectivity index (χ2v) is 10.4. The van der Waals surface area contributed by atoms with Gasteiger partial charge in [-0.2, -0.15) is 0 Å². The third-order valence-corrected chi connectivity index (χ3v) is 8.40. The number of nitrogens with two attached hydrogens (primary N) is 1. The van der Waals surface area contributed by atoms with Gasteiger partial charge in [0, 0.05) is 23.1 Å². The number of carbonyl (C=O) groups is 3. The molecule has 5 heterocycles. The summed E-state index contributed by atoms with van der Waals surface area (Å²) in [6.45, 7) is 0. The highest BCUT2D eigenvalue weighted by molar-refractivity contribution is 8.01. The minimum Gasteiger partial charge on any atom is -0.477 e. The Morgan fingerprint density at radius 1 is 1.39 bits per heavy atom. The average molecular weight is 547 g/mol. The molecule has 0 unspecified atom stereocenters. The van der Waals surface area contributed by atoms with Gasteiger partial charge in [-0.1, -0.05) is 23.0 Å². The number of carboxylic acid groups (broad SMARTS) is 1. The fourth-order valence-corrected chi connectivity index (χ4v) is 6.72. The zero-order valence-corrected chi connectivity index (χ0v) is 21.0. The van der Waals surface area contributed by atoms with E-state index in [1.807, 2.05) is 24.4 Å². The smallest absolute Gasteiger partial charge is 0.352 e. The fraction of sp³-hybridized carbons (Fsp3) is 0.250. The number of rotatable bonds is 8. The van der Waals surface area contributed by atoms with Crippen LogP contribution < -0.4 is 11.1 Å². The number of hydrogen-bond donors (Lipinski definition) is 3. The highest BCUT2D eigenvalue weighted by atomic mass is 32.2. The third kappa shape index (κ3) is 4.27. The Morgan fingerprint density at radius 2 is 2.22 bits per heavy atom. The van der Waals surface area contributed by atoms with Gasteiger partial charge in [-0.25, -0.2) is 9.78 Å². The van der Waals surface area contributed by atoms with Crippen LogP contribution in [-0.4, -0.2) is 83.1 Å². The van der Waals surface area contributed by atoms with E-state index in [1.165, 1.54) is 35.5 Å².